The van der Waals surface area contributed by atoms with E-state index < -0.39 is 11.4 Å². The maximum atomic E-state index is 11.6. The first-order chi connectivity index (χ1) is 10.7. The molecule has 0 bridgehead atoms. The van der Waals surface area contributed by atoms with Crippen molar-refractivity contribution >= 4 is 11.4 Å². The van der Waals surface area contributed by atoms with Crippen LogP contribution in [0.4, 0.5) is 0 Å². The fourth-order valence-corrected chi connectivity index (χ4v) is 2.74. The van der Waals surface area contributed by atoms with Gasteiger partial charge in [0, 0.05) is 0 Å². The second kappa shape index (κ2) is 14.9. The highest BCUT2D eigenvalue weighted by molar-refractivity contribution is 7.75. The summed E-state index contributed by atoms with van der Waals surface area (Å²) < 4.78 is 22.0. The molecule has 0 aliphatic rings. The van der Waals surface area contributed by atoms with Gasteiger partial charge in [0.25, 0.3) is 0 Å². The molecule has 0 rings (SSSR count). The van der Waals surface area contributed by atoms with Crippen LogP contribution in [0, 0.1) is 11.8 Å². The van der Waals surface area contributed by atoms with Gasteiger partial charge in [0.15, 0.2) is 0 Å². The molecule has 0 aliphatic carbocycles. The molecule has 0 unspecified atom stereocenters. The lowest BCUT2D eigenvalue weighted by Gasteiger charge is -2.13. The van der Waals surface area contributed by atoms with Crippen LogP contribution in [-0.2, 0) is 19.7 Å². The lowest BCUT2D eigenvalue weighted by Crippen LogP contribution is -2.10. The van der Waals surface area contributed by atoms with Gasteiger partial charge in [-0.3, -0.25) is 8.37 Å². The summed E-state index contributed by atoms with van der Waals surface area (Å²) in [6.45, 7) is 15.8. The summed E-state index contributed by atoms with van der Waals surface area (Å²) >= 11 is -1.67. The van der Waals surface area contributed by atoms with Gasteiger partial charge in [-0.1, -0.05) is 24.3 Å². The van der Waals surface area contributed by atoms with Crippen LogP contribution < -0.4 is 0 Å². The van der Waals surface area contributed by atoms with Crippen molar-refractivity contribution < 1.29 is 12.6 Å². The molecular weight excluding hydrogens is 296 g/mol. The third-order valence-corrected chi connectivity index (χ3v) is 4.13. The zero-order valence-corrected chi connectivity index (χ0v) is 14.4. The largest absolute Gasteiger partial charge is 0.304 e. The average Bonchev–Trinajstić information content (AvgIpc) is 2.48. The third-order valence-electron chi connectivity index (χ3n) is 3.41. The van der Waals surface area contributed by atoms with E-state index >= 15 is 0 Å². The van der Waals surface area contributed by atoms with Crippen LogP contribution in [0.15, 0.2) is 50.6 Å². The summed E-state index contributed by atoms with van der Waals surface area (Å²) in [5.41, 5.74) is 0. The predicted octanol–water partition coefficient (Wildman–Crippen LogP) is 4.92. The van der Waals surface area contributed by atoms with Gasteiger partial charge in [0.2, 0.25) is 0 Å². The van der Waals surface area contributed by atoms with Crippen LogP contribution in [0.2, 0.25) is 0 Å². The topological polar surface area (TPSA) is 35.5 Å². The van der Waals surface area contributed by atoms with Crippen LogP contribution in [0.25, 0.3) is 0 Å². The molecule has 4 heteroatoms. The van der Waals surface area contributed by atoms with Crippen molar-refractivity contribution in [3.8, 4) is 0 Å². The van der Waals surface area contributed by atoms with E-state index in [2.05, 4.69) is 26.3 Å². The normalized spacial score (nSPS) is 11.0. The van der Waals surface area contributed by atoms with Crippen molar-refractivity contribution in [3.05, 3.63) is 50.6 Å². The first-order valence-electron chi connectivity index (χ1n) is 7.79. The molecular formula is C18H30O3S. The molecule has 0 aromatic rings. The molecule has 0 saturated heterocycles. The van der Waals surface area contributed by atoms with E-state index in [4.69, 9.17) is 8.37 Å². The fraction of sp³-hybridized carbons (Fsp3) is 0.556. The minimum Gasteiger partial charge on any atom is -0.268 e. The molecule has 0 aromatic heterocycles. The van der Waals surface area contributed by atoms with Crippen molar-refractivity contribution in [1.82, 2.24) is 0 Å². The highest BCUT2D eigenvalue weighted by atomic mass is 32.2. The maximum Gasteiger partial charge on any atom is 0.304 e. The molecule has 22 heavy (non-hydrogen) atoms. The molecule has 0 fully saturated rings. The first-order valence-corrected chi connectivity index (χ1v) is 8.79. The lowest BCUT2D eigenvalue weighted by molar-refractivity contribution is 0.222. The molecule has 0 N–H and O–H groups in total. The summed E-state index contributed by atoms with van der Waals surface area (Å²) in [6.07, 6.45) is 12.8. The Hall–Kier alpha value is -0.970. The molecule has 0 aliphatic heterocycles. The maximum absolute atomic E-state index is 11.6. The minimum atomic E-state index is -1.67. The van der Waals surface area contributed by atoms with Crippen LogP contribution in [0.1, 0.15) is 38.5 Å². The first kappa shape index (κ1) is 21.0. The van der Waals surface area contributed by atoms with Gasteiger partial charge in [-0.25, -0.2) is 0 Å². The molecule has 3 nitrogen and oxygen atoms in total. The number of rotatable bonds is 16. The Morgan fingerprint density at radius 2 is 1.05 bits per heavy atom. The second-order valence-corrected chi connectivity index (χ2v) is 6.13. The average molecular weight is 327 g/mol. The minimum absolute atomic E-state index is 0.418. The van der Waals surface area contributed by atoms with Crippen molar-refractivity contribution in [1.29, 1.82) is 0 Å². The molecule has 0 amide bonds. The zero-order chi connectivity index (χ0) is 16.6. The van der Waals surface area contributed by atoms with Crippen LogP contribution in [0.5, 0.6) is 0 Å². The van der Waals surface area contributed by atoms with Gasteiger partial charge in [0.05, 0.1) is 13.2 Å². The molecule has 126 valence electrons. The Morgan fingerprint density at radius 1 is 0.727 bits per heavy atom. The lowest BCUT2D eigenvalue weighted by atomic mass is 9.98. The third kappa shape index (κ3) is 11.7. The van der Waals surface area contributed by atoms with Crippen LogP contribution in [-0.4, -0.2) is 17.4 Å². The van der Waals surface area contributed by atoms with E-state index in [1.54, 1.807) is 0 Å². The van der Waals surface area contributed by atoms with E-state index in [1.807, 2.05) is 24.3 Å². The van der Waals surface area contributed by atoms with Gasteiger partial charge in [-0.05, 0) is 50.4 Å². The van der Waals surface area contributed by atoms with Crippen molar-refractivity contribution in [2.24, 2.45) is 11.8 Å². The monoisotopic (exact) mass is 326 g/mol. The van der Waals surface area contributed by atoms with Gasteiger partial charge in [-0.2, -0.15) is 4.21 Å². The molecule has 0 atom stereocenters. The van der Waals surface area contributed by atoms with E-state index in [0.29, 0.717) is 25.0 Å². The van der Waals surface area contributed by atoms with Crippen molar-refractivity contribution in [2.45, 2.75) is 38.5 Å². The highest BCUT2D eigenvalue weighted by Gasteiger charge is 2.09. The molecule has 0 aromatic carbocycles. The molecule has 0 saturated carbocycles. The summed E-state index contributed by atoms with van der Waals surface area (Å²) in [5, 5.41) is 0. The Bertz CT molecular complexity index is 300. The van der Waals surface area contributed by atoms with Crippen molar-refractivity contribution in [3.63, 3.8) is 0 Å². The van der Waals surface area contributed by atoms with Gasteiger partial charge < -0.3 is 0 Å². The van der Waals surface area contributed by atoms with Crippen LogP contribution >= 0.6 is 0 Å². The van der Waals surface area contributed by atoms with Crippen molar-refractivity contribution in [2.75, 3.05) is 13.2 Å². The number of hydrogen-bond donors (Lipinski definition) is 0. The molecule has 0 radical (unpaired) electrons. The van der Waals surface area contributed by atoms with E-state index in [9.17, 15) is 4.21 Å². The Balaban J connectivity index is 3.83. The smallest absolute Gasteiger partial charge is 0.268 e. The Labute approximate surface area is 138 Å². The molecule has 0 spiro atoms. The summed E-state index contributed by atoms with van der Waals surface area (Å²) in [4.78, 5) is 0. The van der Waals surface area contributed by atoms with E-state index in [0.717, 1.165) is 38.5 Å². The highest BCUT2D eigenvalue weighted by Crippen LogP contribution is 2.16. The Kier molecular flexibility index (Phi) is 14.3. The fourth-order valence-electron chi connectivity index (χ4n) is 2.21. The quantitative estimate of drug-likeness (QED) is 0.378. The molecule has 0 heterocycles. The zero-order valence-electron chi connectivity index (χ0n) is 13.6. The second-order valence-electron chi connectivity index (χ2n) is 5.25. The van der Waals surface area contributed by atoms with E-state index in [1.165, 1.54) is 0 Å². The van der Waals surface area contributed by atoms with Gasteiger partial charge in [-0.15, -0.1) is 26.3 Å². The summed E-state index contributed by atoms with van der Waals surface area (Å²) in [6, 6.07) is 0. The Morgan fingerprint density at radius 3 is 1.32 bits per heavy atom. The van der Waals surface area contributed by atoms with Gasteiger partial charge in [0.1, 0.15) is 0 Å². The van der Waals surface area contributed by atoms with Gasteiger partial charge >= 0.3 is 11.4 Å². The number of hydrogen-bond acceptors (Lipinski definition) is 3. The van der Waals surface area contributed by atoms with E-state index in [-0.39, 0.29) is 0 Å². The summed E-state index contributed by atoms with van der Waals surface area (Å²) in [7, 11) is 0. The number of allylic oxidation sites excluding steroid dienone is 4. The standard InChI is InChI=1S/C18H30O3S/c1-5-9-17(10-6-2)13-15-20-22(19)21-16-14-18(11-7-3)12-8-4/h5-8,17-18H,1-4,9-16H2. The van der Waals surface area contributed by atoms with Crippen LogP contribution in [0.3, 0.4) is 0 Å². The SMILES string of the molecule is C=CCC(CC=C)CCOS(=O)OCCC(CC=C)CC=C. The predicted molar refractivity (Wildman–Crippen MR) is 95.5 cm³/mol. The summed E-state index contributed by atoms with van der Waals surface area (Å²) in [5.74, 6) is 0.883.